The predicted molar refractivity (Wildman–Crippen MR) is 66.7 cm³/mol. The van der Waals surface area contributed by atoms with Crippen LogP contribution in [0.5, 0.6) is 0 Å². The van der Waals surface area contributed by atoms with Gasteiger partial charge in [-0.2, -0.15) is 0 Å². The molecule has 0 amide bonds. The molecule has 0 aromatic carbocycles. The summed E-state index contributed by atoms with van der Waals surface area (Å²) in [6, 6.07) is 3.29. The van der Waals surface area contributed by atoms with Gasteiger partial charge in [0, 0.05) is 18.4 Å². The molecule has 2 heterocycles. The predicted octanol–water partition coefficient (Wildman–Crippen LogP) is 2.53. The van der Waals surface area contributed by atoms with Gasteiger partial charge in [-0.25, -0.2) is 9.59 Å². The van der Waals surface area contributed by atoms with Crippen molar-refractivity contribution in [2.45, 2.75) is 33.5 Å². The minimum Gasteiger partial charge on any atom is -0.465 e. The number of carbonyl (C=O) groups is 2. The van der Waals surface area contributed by atoms with Crippen LogP contribution in [-0.2, 0) is 19.1 Å². The fraction of sp³-hybridized carbons (Fsp3) is 0.429. The summed E-state index contributed by atoms with van der Waals surface area (Å²) in [5.41, 5.74) is -0.689. The van der Waals surface area contributed by atoms with Crippen molar-refractivity contribution in [3.05, 3.63) is 29.7 Å². The Kier molecular flexibility index (Phi) is 3.00. The summed E-state index contributed by atoms with van der Waals surface area (Å²) in [5.74, 6) is -2.29. The smallest absolute Gasteiger partial charge is 0.349 e. The standard InChI is InChI=1S/C14H16O5/c1-13(2,3)14(4)18-11(15)10(12(16)19-14)8-9-6-5-7-17-9/h5-8H,1-4H3. The maximum atomic E-state index is 12.0. The lowest BCUT2D eigenvalue weighted by atomic mass is 9.86. The largest absolute Gasteiger partial charge is 0.465 e. The third kappa shape index (κ3) is 2.41. The fourth-order valence-corrected chi connectivity index (χ4v) is 1.51. The molecule has 102 valence electrons. The molecule has 0 bridgehead atoms. The number of hydrogen-bond acceptors (Lipinski definition) is 5. The molecule has 0 aliphatic carbocycles. The number of ether oxygens (including phenoxy) is 2. The second-order valence-electron chi connectivity index (χ2n) is 5.55. The molecule has 1 aliphatic rings. The molecule has 0 atom stereocenters. The molecule has 0 unspecified atom stereocenters. The minimum absolute atomic E-state index is 0.170. The Morgan fingerprint density at radius 3 is 2.16 bits per heavy atom. The van der Waals surface area contributed by atoms with Crippen LogP contribution in [0.3, 0.4) is 0 Å². The molecule has 0 spiro atoms. The summed E-state index contributed by atoms with van der Waals surface area (Å²) in [6.07, 6.45) is 2.76. The summed E-state index contributed by atoms with van der Waals surface area (Å²) < 4.78 is 15.6. The SMILES string of the molecule is CC(C)(C)C1(C)OC(=O)C(=Cc2ccco2)C(=O)O1. The average molecular weight is 264 g/mol. The highest BCUT2D eigenvalue weighted by molar-refractivity contribution is 6.18. The Morgan fingerprint density at radius 2 is 1.74 bits per heavy atom. The number of hydrogen-bond donors (Lipinski definition) is 0. The van der Waals surface area contributed by atoms with E-state index in [1.807, 2.05) is 20.8 Å². The van der Waals surface area contributed by atoms with Gasteiger partial charge >= 0.3 is 11.9 Å². The topological polar surface area (TPSA) is 65.7 Å². The number of esters is 2. The Hall–Kier alpha value is -2.04. The highest BCUT2D eigenvalue weighted by atomic mass is 16.7. The molecule has 0 radical (unpaired) electrons. The van der Waals surface area contributed by atoms with Crippen molar-refractivity contribution in [2.75, 3.05) is 0 Å². The number of rotatable bonds is 1. The summed E-state index contributed by atoms with van der Waals surface area (Å²) >= 11 is 0. The third-order valence-corrected chi connectivity index (χ3v) is 3.21. The minimum atomic E-state index is -1.28. The highest BCUT2D eigenvalue weighted by Crippen LogP contribution is 2.38. The van der Waals surface area contributed by atoms with Crippen LogP contribution >= 0.6 is 0 Å². The number of cyclic esters (lactones) is 2. The van der Waals surface area contributed by atoms with Crippen molar-refractivity contribution in [3.8, 4) is 0 Å². The van der Waals surface area contributed by atoms with Crippen LogP contribution in [0.15, 0.2) is 28.4 Å². The zero-order chi connectivity index (χ0) is 14.3. The molecule has 0 saturated carbocycles. The van der Waals surface area contributed by atoms with Gasteiger partial charge in [0.05, 0.1) is 6.26 Å². The van der Waals surface area contributed by atoms with E-state index in [1.54, 1.807) is 19.1 Å². The lowest BCUT2D eigenvalue weighted by molar-refractivity contribution is -0.261. The lowest BCUT2D eigenvalue weighted by Crippen LogP contribution is -2.52. The molecule has 1 aromatic rings. The third-order valence-electron chi connectivity index (χ3n) is 3.21. The second kappa shape index (κ2) is 4.26. The molecule has 1 aromatic heterocycles. The Labute approximate surface area is 111 Å². The Bertz CT molecular complexity index is 511. The zero-order valence-electron chi connectivity index (χ0n) is 11.4. The first kappa shape index (κ1) is 13.4. The molecule has 1 fully saturated rings. The van der Waals surface area contributed by atoms with E-state index in [-0.39, 0.29) is 5.57 Å². The molecular weight excluding hydrogens is 248 g/mol. The summed E-state index contributed by atoms with van der Waals surface area (Å²) in [6.45, 7) is 7.06. The van der Waals surface area contributed by atoms with Crippen LogP contribution in [0.4, 0.5) is 0 Å². The van der Waals surface area contributed by atoms with Crippen molar-refractivity contribution >= 4 is 18.0 Å². The highest BCUT2D eigenvalue weighted by Gasteiger charge is 2.50. The molecule has 2 rings (SSSR count). The second-order valence-corrected chi connectivity index (χ2v) is 5.55. The molecule has 1 saturated heterocycles. The van der Waals surface area contributed by atoms with Gasteiger partial charge in [-0.15, -0.1) is 0 Å². The van der Waals surface area contributed by atoms with Gasteiger partial charge in [-0.3, -0.25) is 0 Å². The van der Waals surface area contributed by atoms with E-state index >= 15 is 0 Å². The van der Waals surface area contributed by atoms with Crippen LogP contribution in [0.2, 0.25) is 0 Å². The van der Waals surface area contributed by atoms with Crippen molar-refractivity contribution in [1.29, 1.82) is 0 Å². The fourth-order valence-electron chi connectivity index (χ4n) is 1.51. The molecular formula is C14H16O5. The van der Waals surface area contributed by atoms with Gasteiger partial charge in [-0.1, -0.05) is 20.8 Å². The summed E-state index contributed by atoms with van der Waals surface area (Å²) in [7, 11) is 0. The molecule has 1 aliphatic heterocycles. The van der Waals surface area contributed by atoms with E-state index < -0.39 is 23.1 Å². The van der Waals surface area contributed by atoms with Crippen LogP contribution in [0.25, 0.3) is 6.08 Å². The first-order valence-corrected chi connectivity index (χ1v) is 5.95. The van der Waals surface area contributed by atoms with E-state index in [2.05, 4.69) is 0 Å². The lowest BCUT2D eigenvalue weighted by Gasteiger charge is -2.42. The number of carbonyl (C=O) groups excluding carboxylic acids is 2. The van der Waals surface area contributed by atoms with Gasteiger partial charge in [0.2, 0.25) is 0 Å². The van der Waals surface area contributed by atoms with Crippen molar-refractivity contribution in [2.24, 2.45) is 5.41 Å². The first-order chi connectivity index (χ1) is 8.73. The van der Waals surface area contributed by atoms with E-state index in [0.717, 1.165) is 0 Å². The summed E-state index contributed by atoms with van der Waals surface area (Å²) in [4.78, 5) is 23.9. The maximum Gasteiger partial charge on any atom is 0.349 e. The van der Waals surface area contributed by atoms with E-state index in [0.29, 0.717) is 5.76 Å². The van der Waals surface area contributed by atoms with Gasteiger partial charge in [-0.05, 0) is 12.1 Å². The Morgan fingerprint density at radius 1 is 1.16 bits per heavy atom. The number of furan rings is 1. The molecule has 0 N–H and O–H groups in total. The first-order valence-electron chi connectivity index (χ1n) is 5.95. The van der Waals surface area contributed by atoms with E-state index in [9.17, 15) is 9.59 Å². The van der Waals surface area contributed by atoms with Crippen LogP contribution in [0, 0.1) is 5.41 Å². The van der Waals surface area contributed by atoms with Gasteiger partial charge in [0.25, 0.3) is 5.79 Å². The van der Waals surface area contributed by atoms with Crippen molar-refractivity contribution < 1.29 is 23.5 Å². The Balaban J connectivity index is 2.31. The van der Waals surface area contributed by atoms with Gasteiger partial charge in [0.1, 0.15) is 11.3 Å². The van der Waals surface area contributed by atoms with Gasteiger partial charge < -0.3 is 13.9 Å². The molecule has 5 nitrogen and oxygen atoms in total. The normalized spacial score (nSPS) is 23.9. The van der Waals surface area contributed by atoms with Crippen molar-refractivity contribution in [3.63, 3.8) is 0 Å². The van der Waals surface area contributed by atoms with Gasteiger partial charge in [0.15, 0.2) is 0 Å². The monoisotopic (exact) mass is 264 g/mol. The zero-order valence-corrected chi connectivity index (χ0v) is 11.4. The van der Waals surface area contributed by atoms with Crippen LogP contribution in [0.1, 0.15) is 33.5 Å². The van der Waals surface area contributed by atoms with Crippen LogP contribution in [-0.4, -0.2) is 17.7 Å². The average Bonchev–Trinajstić information content (AvgIpc) is 2.74. The van der Waals surface area contributed by atoms with E-state index in [4.69, 9.17) is 13.9 Å². The molecule has 5 heteroatoms. The molecule has 19 heavy (non-hydrogen) atoms. The van der Waals surface area contributed by atoms with Crippen molar-refractivity contribution in [1.82, 2.24) is 0 Å². The van der Waals surface area contributed by atoms with E-state index in [1.165, 1.54) is 12.3 Å². The van der Waals surface area contributed by atoms with Crippen LogP contribution < -0.4 is 0 Å². The summed E-state index contributed by atoms with van der Waals surface area (Å²) in [5, 5.41) is 0. The maximum absolute atomic E-state index is 12.0. The quantitative estimate of drug-likeness (QED) is 0.443.